The normalized spacial score (nSPS) is 17.9. The zero-order valence-electron chi connectivity index (χ0n) is 12.3. The van der Waals surface area contributed by atoms with Crippen LogP contribution in [0.25, 0.3) is 0 Å². The molecule has 1 aliphatic heterocycles. The highest BCUT2D eigenvalue weighted by molar-refractivity contribution is 6.00. The molecule has 6 nitrogen and oxygen atoms in total. The van der Waals surface area contributed by atoms with Gasteiger partial charge in [-0.15, -0.1) is 0 Å². The number of hydrogen-bond donors (Lipinski definition) is 1. The number of benzene rings is 1. The predicted octanol–water partition coefficient (Wildman–Crippen LogP) is 1.32. The van der Waals surface area contributed by atoms with Crippen LogP contribution in [0.3, 0.4) is 0 Å². The standard InChI is InChI=1S/C15H20N2O4/c1-3-20-12-6-5-11(8-13(12)21-4-2)17-9-10(15(16)19)7-14(17)18/h5-6,8,10H,3-4,7,9H2,1-2H3,(H2,16,19). The van der Waals surface area contributed by atoms with Crippen molar-refractivity contribution < 1.29 is 19.1 Å². The predicted molar refractivity (Wildman–Crippen MR) is 78.4 cm³/mol. The summed E-state index contributed by atoms with van der Waals surface area (Å²) in [6, 6.07) is 5.32. The Labute approximate surface area is 123 Å². The number of carbonyl (C=O) groups excluding carboxylic acids is 2. The fraction of sp³-hybridized carbons (Fsp3) is 0.467. The minimum atomic E-state index is -0.443. The molecule has 1 saturated heterocycles. The SMILES string of the molecule is CCOc1ccc(N2CC(C(N)=O)CC2=O)cc1OCC. The van der Waals surface area contributed by atoms with E-state index in [4.69, 9.17) is 15.2 Å². The van der Waals surface area contributed by atoms with Crippen molar-refractivity contribution in [1.82, 2.24) is 0 Å². The van der Waals surface area contributed by atoms with E-state index in [1.807, 2.05) is 13.8 Å². The molecule has 0 radical (unpaired) electrons. The van der Waals surface area contributed by atoms with E-state index in [0.29, 0.717) is 36.9 Å². The van der Waals surface area contributed by atoms with E-state index >= 15 is 0 Å². The Kier molecular flexibility index (Phi) is 4.67. The molecule has 0 aromatic heterocycles. The van der Waals surface area contributed by atoms with Crippen LogP contribution >= 0.6 is 0 Å². The van der Waals surface area contributed by atoms with E-state index in [1.54, 1.807) is 23.1 Å². The molecule has 2 N–H and O–H groups in total. The lowest BCUT2D eigenvalue weighted by Crippen LogP contribution is -2.28. The van der Waals surface area contributed by atoms with Crippen LogP contribution in [0, 0.1) is 5.92 Å². The van der Waals surface area contributed by atoms with Crippen LogP contribution < -0.4 is 20.1 Å². The first kappa shape index (κ1) is 15.2. The molecular weight excluding hydrogens is 272 g/mol. The van der Waals surface area contributed by atoms with Gasteiger partial charge >= 0.3 is 0 Å². The van der Waals surface area contributed by atoms with E-state index in [1.165, 1.54) is 0 Å². The van der Waals surface area contributed by atoms with Crippen LogP contribution in [-0.2, 0) is 9.59 Å². The molecule has 0 aliphatic carbocycles. The van der Waals surface area contributed by atoms with Gasteiger partial charge in [0.05, 0.1) is 19.1 Å². The van der Waals surface area contributed by atoms with Crippen LogP contribution in [-0.4, -0.2) is 31.6 Å². The lowest BCUT2D eigenvalue weighted by Gasteiger charge is -2.19. The Hall–Kier alpha value is -2.24. The van der Waals surface area contributed by atoms with Crippen LogP contribution in [0.2, 0.25) is 0 Å². The summed E-state index contributed by atoms with van der Waals surface area (Å²) in [4.78, 5) is 24.8. The van der Waals surface area contributed by atoms with E-state index in [0.717, 1.165) is 0 Å². The van der Waals surface area contributed by atoms with Crippen molar-refractivity contribution in [3.05, 3.63) is 18.2 Å². The van der Waals surface area contributed by atoms with E-state index in [9.17, 15) is 9.59 Å². The third-order valence-corrected chi connectivity index (χ3v) is 3.37. The Morgan fingerprint density at radius 1 is 1.29 bits per heavy atom. The Bertz CT molecular complexity index is 544. The number of rotatable bonds is 6. The van der Waals surface area contributed by atoms with Gasteiger partial charge < -0.3 is 20.1 Å². The van der Waals surface area contributed by atoms with Crippen molar-refractivity contribution in [2.75, 3.05) is 24.7 Å². The first-order valence-electron chi connectivity index (χ1n) is 7.06. The zero-order valence-corrected chi connectivity index (χ0v) is 12.3. The molecule has 1 fully saturated rings. The molecule has 0 saturated carbocycles. The van der Waals surface area contributed by atoms with Crippen molar-refractivity contribution in [1.29, 1.82) is 0 Å². The molecule has 6 heteroatoms. The Morgan fingerprint density at radius 3 is 2.52 bits per heavy atom. The van der Waals surface area contributed by atoms with Gasteiger partial charge in [-0.3, -0.25) is 9.59 Å². The third-order valence-electron chi connectivity index (χ3n) is 3.37. The van der Waals surface area contributed by atoms with Gasteiger partial charge in [-0.25, -0.2) is 0 Å². The van der Waals surface area contributed by atoms with Crippen LogP contribution in [0.15, 0.2) is 18.2 Å². The maximum Gasteiger partial charge on any atom is 0.227 e. The third kappa shape index (κ3) is 3.26. The van der Waals surface area contributed by atoms with E-state index in [-0.39, 0.29) is 12.3 Å². The summed E-state index contributed by atoms with van der Waals surface area (Å²) >= 11 is 0. The number of nitrogens with two attached hydrogens (primary N) is 1. The zero-order chi connectivity index (χ0) is 15.4. The molecule has 1 aromatic rings. The number of anilines is 1. The average Bonchev–Trinajstić information content (AvgIpc) is 2.84. The highest BCUT2D eigenvalue weighted by Gasteiger charge is 2.34. The van der Waals surface area contributed by atoms with Crippen molar-refractivity contribution in [2.24, 2.45) is 11.7 Å². The largest absolute Gasteiger partial charge is 0.490 e. The summed E-state index contributed by atoms with van der Waals surface area (Å²) in [7, 11) is 0. The second-order valence-electron chi connectivity index (χ2n) is 4.80. The molecule has 1 unspecified atom stereocenters. The van der Waals surface area contributed by atoms with Gasteiger partial charge in [-0.05, 0) is 26.0 Å². The first-order valence-corrected chi connectivity index (χ1v) is 7.06. The molecule has 21 heavy (non-hydrogen) atoms. The summed E-state index contributed by atoms with van der Waals surface area (Å²) in [5.41, 5.74) is 5.97. The van der Waals surface area contributed by atoms with E-state index < -0.39 is 11.8 Å². The van der Waals surface area contributed by atoms with Gasteiger partial charge in [0.15, 0.2) is 11.5 Å². The number of primary amides is 1. The molecule has 2 amide bonds. The molecule has 2 rings (SSSR count). The fourth-order valence-electron chi connectivity index (χ4n) is 2.36. The monoisotopic (exact) mass is 292 g/mol. The number of amides is 2. The molecular formula is C15H20N2O4. The molecule has 1 aliphatic rings. The number of carbonyl (C=O) groups is 2. The molecule has 0 bridgehead atoms. The highest BCUT2D eigenvalue weighted by atomic mass is 16.5. The lowest BCUT2D eigenvalue weighted by atomic mass is 10.1. The lowest BCUT2D eigenvalue weighted by molar-refractivity contribution is -0.123. The number of ether oxygens (including phenoxy) is 2. The number of nitrogens with zero attached hydrogens (tertiary/aromatic N) is 1. The molecule has 0 spiro atoms. The van der Waals surface area contributed by atoms with Crippen molar-refractivity contribution in [2.45, 2.75) is 20.3 Å². The summed E-state index contributed by atoms with van der Waals surface area (Å²) < 4.78 is 11.0. The summed E-state index contributed by atoms with van der Waals surface area (Å²) in [6.45, 7) is 5.12. The minimum Gasteiger partial charge on any atom is -0.490 e. The quantitative estimate of drug-likeness (QED) is 0.857. The van der Waals surface area contributed by atoms with Crippen LogP contribution in [0.5, 0.6) is 11.5 Å². The molecule has 114 valence electrons. The molecule has 1 atom stereocenters. The summed E-state index contributed by atoms with van der Waals surface area (Å²) in [5.74, 6) is 0.250. The Morgan fingerprint density at radius 2 is 1.95 bits per heavy atom. The van der Waals surface area contributed by atoms with Gasteiger partial charge in [0.1, 0.15) is 0 Å². The van der Waals surface area contributed by atoms with Crippen molar-refractivity contribution >= 4 is 17.5 Å². The van der Waals surface area contributed by atoms with Crippen LogP contribution in [0.1, 0.15) is 20.3 Å². The van der Waals surface area contributed by atoms with Gasteiger partial charge in [0.2, 0.25) is 11.8 Å². The highest BCUT2D eigenvalue weighted by Crippen LogP contribution is 2.34. The van der Waals surface area contributed by atoms with Crippen molar-refractivity contribution in [3.63, 3.8) is 0 Å². The molecule has 1 aromatic carbocycles. The average molecular weight is 292 g/mol. The van der Waals surface area contributed by atoms with Gasteiger partial charge in [0.25, 0.3) is 0 Å². The maximum absolute atomic E-state index is 12.0. The first-order chi connectivity index (χ1) is 10.1. The van der Waals surface area contributed by atoms with Crippen LogP contribution in [0.4, 0.5) is 5.69 Å². The molecule has 1 heterocycles. The maximum atomic E-state index is 12.0. The van der Waals surface area contributed by atoms with Gasteiger partial charge in [-0.2, -0.15) is 0 Å². The van der Waals surface area contributed by atoms with Gasteiger partial charge in [0, 0.05) is 24.7 Å². The smallest absolute Gasteiger partial charge is 0.227 e. The minimum absolute atomic E-state index is 0.106. The topological polar surface area (TPSA) is 81.9 Å². The second-order valence-corrected chi connectivity index (χ2v) is 4.80. The summed E-state index contributed by atoms with van der Waals surface area (Å²) in [6.07, 6.45) is 0.159. The summed E-state index contributed by atoms with van der Waals surface area (Å²) in [5, 5.41) is 0. The van der Waals surface area contributed by atoms with E-state index in [2.05, 4.69) is 0 Å². The second kappa shape index (κ2) is 6.47. The number of hydrogen-bond acceptors (Lipinski definition) is 4. The van der Waals surface area contributed by atoms with Gasteiger partial charge in [-0.1, -0.05) is 0 Å². The Balaban J connectivity index is 2.26. The van der Waals surface area contributed by atoms with Crippen molar-refractivity contribution in [3.8, 4) is 11.5 Å². The fourth-order valence-corrected chi connectivity index (χ4v) is 2.36.